The molecule has 2 aromatic carbocycles. The maximum absolute atomic E-state index is 13.1. The summed E-state index contributed by atoms with van der Waals surface area (Å²) in [5, 5.41) is 27.6. The number of carboxylic acid groups (broad SMARTS) is 2. The zero-order valence-corrected chi connectivity index (χ0v) is 21.0. The fraction of sp³-hybridized carbons (Fsp3) is 0.357. The zero-order valence-electron chi connectivity index (χ0n) is 21.0. The van der Waals surface area contributed by atoms with Crippen LogP contribution in [-0.4, -0.2) is 39.4 Å². The predicted molar refractivity (Wildman–Crippen MR) is 135 cm³/mol. The van der Waals surface area contributed by atoms with Gasteiger partial charge in [0.05, 0.1) is 11.8 Å². The standard InChI is InChI=1S/C23H26O3.C5H7NO3/c1-14-12-18-19(23(4,5)11-10-22(18,2)3)13-17(14)20(24)15-6-8-16(9-7-15)21(25)26;1-4(3-6-9)2-5(7)8/h6-9,12-13H,10-11H2,1-5H3,(H,25,26);2-3,9H,1H3,(H,7,8). The first-order valence-electron chi connectivity index (χ1n) is 11.3. The Morgan fingerprint density at radius 3 is 1.83 bits per heavy atom. The molecule has 0 saturated heterocycles. The summed E-state index contributed by atoms with van der Waals surface area (Å²) in [6.07, 6.45) is 4.22. The number of fused-ring (bicyclic) bond motifs is 1. The Bertz CT molecular complexity index is 1190. The number of nitrogens with zero attached hydrogens (tertiary/aromatic N) is 1. The van der Waals surface area contributed by atoms with E-state index in [0.29, 0.717) is 16.7 Å². The van der Waals surface area contributed by atoms with Gasteiger partial charge in [-0.1, -0.05) is 51.0 Å². The lowest BCUT2D eigenvalue weighted by molar-refractivity contribution is -0.131. The number of benzene rings is 2. The van der Waals surface area contributed by atoms with Crippen LogP contribution in [0, 0.1) is 6.92 Å². The van der Waals surface area contributed by atoms with Gasteiger partial charge in [-0.05, 0) is 78.0 Å². The van der Waals surface area contributed by atoms with Gasteiger partial charge in [0.1, 0.15) is 0 Å². The molecule has 0 bridgehead atoms. The van der Waals surface area contributed by atoms with Gasteiger partial charge in [0.15, 0.2) is 5.78 Å². The minimum atomic E-state index is -1.05. The number of aromatic carboxylic acids is 1. The fourth-order valence-electron chi connectivity index (χ4n) is 4.21. The van der Waals surface area contributed by atoms with E-state index in [1.54, 1.807) is 12.1 Å². The Morgan fingerprint density at radius 2 is 1.37 bits per heavy atom. The summed E-state index contributed by atoms with van der Waals surface area (Å²) in [7, 11) is 0. The van der Waals surface area contributed by atoms with E-state index < -0.39 is 11.9 Å². The normalized spacial score (nSPS) is 16.1. The number of aliphatic carboxylic acids is 1. The summed E-state index contributed by atoms with van der Waals surface area (Å²) in [6, 6.07) is 10.4. The summed E-state index contributed by atoms with van der Waals surface area (Å²) in [4.78, 5) is 33.9. The summed E-state index contributed by atoms with van der Waals surface area (Å²) in [5.74, 6) is -2.09. The van der Waals surface area contributed by atoms with Gasteiger partial charge >= 0.3 is 11.9 Å². The smallest absolute Gasteiger partial charge is 0.335 e. The van der Waals surface area contributed by atoms with E-state index in [0.717, 1.165) is 30.7 Å². The number of aryl methyl sites for hydroxylation is 1. The average Bonchev–Trinajstić information content (AvgIpc) is 2.76. The van der Waals surface area contributed by atoms with Crippen molar-refractivity contribution in [2.75, 3.05) is 0 Å². The Hall–Kier alpha value is -3.74. The van der Waals surface area contributed by atoms with Gasteiger partial charge in [0.25, 0.3) is 0 Å². The van der Waals surface area contributed by atoms with E-state index in [1.807, 2.05) is 6.92 Å². The van der Waals surface area contributed by atoms with Gasteiger partial charge in [-0.3, -0.25) is 4.79 Å². The van der Waals surface area contributed by atoms with Crippen LogP contribution in [0.3, 0.4) is 0 Å². The summed E-state index contributed by atoms with van der Waals surface area (Å²) < 4.78 is 0. The molecule has 3 N–H and O–H groups in total. The van der Waals surface area contributed by atoms with Gasteiger partial charge < -0.3 is 15.4 Å². The number of allylic oxidation sites excluding steroid dienone is 1. The maximum atomic E-state index is 13.1. The van der Waals surface area contributed by atoms with Crippen molar-refractivity contribution in [2.45, 2.75) is 65.2 Å². The summed E-state index contributed by atoms with van der Waals surface area (Å²) >= 11 is 0. The van der Waals surface area contributed by atoms with Crippen LogP contribution >= 0.6 is 0 Å². The minimum Gasteiger partial charge on any atom is -0.478 e. The highest BCUT2D eigenvalue weighted by molar-refractivity contribution is 6.10. The second kappa shape index (κ2) is 10.7. The quantitative estimate of drug-likeness (QED) is 0.165. The first-order chi connectivity index (χ1) is 16.2. The van der Waals surface area contributed by atoms with Crippen molar-refractivity contribution in [1.29, 1.82) is 0 Å². The molecule has 0 aliphatic heterocycles. The number of hydrogen-bond donors (Lipinski definition) is 3. The third-order valence-corrected chi connectivity index (χ3v) is 6.45. The average molecular weight is 480 g/mol. The molecule has 0 amide bonds. The second-order valence-electron chi connectivity index (χ2n) is 10.2. The molecule has 0 unspecified atom stereocenters. The molecule has 0 atom stereocenters. The van der Waals surface area contributed by atoms with E-state index in [4.69, 9.17) is 15.4 Å². The van der Waals surface area contributed by atoms with E-state index in [1.165, 1.54) is 30.2 Å². The Morgan fingerprint density at radius 1 is 0.886 bits per heavy atom. The third kappa shape index (κ3) is 6.66. The zero-order chi connectivity index (χ0) is 26.6. The van der Waals surface area contributed by atoms with Gasteiger partial charge in [0.2, 0.25) is 0 Å². The van der Waals surface area contributed by atoms with Crippen LogP contribution in [0.5, 0.6) is 0 Å². The van der Waals surface area contributed by atoms with Gasteiger partial charge in [-0.2, -0.15) is 0 Å². The van der Waals surface area contributed by atoms with Crippen LogP contribution in [0.2, 0.25) is 0 Å². The highest BCUT2D eigenvalue weighted by Gasteiger charge is 2.37. The number of carboxylic acids is 2. The first kappa shape index (κ1) is 27.5. The molecule has 186 valence electrons. The topological polar surface area (TPSA) is 124 Å². The number of hydrogen-bond acceptors (Lipinski definition) is 5. The monoisotopic (exact) mass is 479 g/mol. The molecule has 7 nitrogen and oxygen atoms in total. The molecule has 0 aromatic heterocycles. The molecule has 7 heteroatoms. The first-order valence-corrected chi connectivity index (χ1v) is 11.3. The number of carbonyl (C=O) groups excluding carboxylic acids is 1. The van der Waals surface area contributed by atoms with Gasteiger partial charge in [-0.15, -0.1) is 0 Å². The third-order valence-electron chi connectivity index (χ3n) is 6.45. The molecule has 0 spiro atoms. The molecule has 0 saturated carbocycles. The minimum absolute atomic E-state index is 0.0424. The molecule has 2 aromatic rings. The van der Waals surface area contributed by atoms with Crippen molar-refractivity contribution in [2.24, 2.45) is 5.16 Å². The summed E-state index contributed by atoms with van der Waals surface area (Å²) in [5.41, 5.74) is 5.52. The Kier molecular flexibility index (Phi) is 8.39. The van der Waals surface area contributed by atoms with Crippen LogP contribution in [-0.2, 0) is 15.6 Å². The highest BCUT2D eigenvalue weighted by atomic mass is 16.4. The van der Waals surface area contributed by atoms with Crippen molar-refractivity contribution in [3.63, 3.8) is 0 Å². The van der Waals surface area contributed by atoms with Crippen molar-refractivity contribution in [3.05, 3.63) is 81.4 Å². The van der Waals surface area contributed by atoms with E-state index in [9.17, 15) is 14.4 Å². The van der Waals surface area contributed by atoms with Crippen molar-refractivity contribution in [3.8, 4) is 0 Å². The van der Waals surface area contributed by atoms with Crippen LogP contribution in [0.4, 0.5) is 0 Å². The molecule has 35 heavy (non-hydrogen) atoms. The van der Waals surface area contributed by atoms with E-state index in [2.05, 4.69) is 45.0 Å². The predicted octanol–water partition coefficient (Wildman–Crippen LogP) is 5.75. The molecular formula is C28H33NO6. The molecule has 0 radical (unpaired) electrons. The lowest BCUT2D eigenvalue weighted by Gasteiger charge is -2.42. The lowest BCUT2D eigenvalue weighted by atomic mass is 9.62. The van der Waals surface area contributed by atoms with E-state index >= 15 is 0 Å². The molecule has 0 fully saturated rings. The lowest BCUT2D eigenvalue weighted by Crippen LogP contribution is -2.34. The van der Waals surface area contributed by atoms with Crippen molar-refractivity contribution >= 4 is 23.9 Å². The highest BCUT2D eigenvalue weighted by Crippen LogP contribution is 2.46. The van der Waals surface area contributed by atoms with Gasteiger partial charge in [-0.25, -0.2) is 9.59 Å². The Labute approximate surface area is 205 Å². The van der Waals surface area contributed by atoms with Crippen LogP contribution < -0.4 is 0 Å². The Balaban J connectivity index is 0.000000410. The van der Waals surface area contributed by atoms with Crippen molar-refractivity contribution < 1.29 is 29.8 Å². The van der Waals surface area contributed by atoms with Gasteiger partial charge in [0, 0.05) is 17.2 Å². The molecule has 1 aliphatic carbocycles. The van der Waals surface area contributed by atoms with Crippen molar-refractivity contribution in [1.82, 2.24) is 0 Å². The fourth-order valence-corrected chi connectivity index (χ4v) is 4.21. The van der Waals surface area contributed by atoms with E-state index in [-0.39, 0.29) is 22.2 Å². The number of carbonyl (C=O) groups is 3. The van der Waals surface area contributed by atoms with Crippen LogP contribution in [0.25, 0.3) is 0 Å². The largest absolute Gasteiger partial charge is 0.478 e. The molecule has 0 heterocycles. The molecule has 1 aliphatic rings. The SMILES string of the molecule is CC(C=NO)=CC(=O)O.Cc1cc2c(cc1C(=O)c1ccc(C(=O)O)cc1)C(C)(C)CCC2(C)C. The van der Waals surface area contributed by atoms with Crippen LogP contribution in [0.1, 0.15) is 90.4 Å². The molecular weight excluding hydrogens is 446 g/mol. The number of oxime groups is 1. The summed E-state index contributed by atoms with van der Waals surface area (Å²) in [6.45, 7) is 12.5. The number of rotatable bonds is 5. The molecule has 3 rings (SSSR count). The number of ketones is 1. The second-order valence-corrected chi connectivity index (χ2v) is 10.2. The van der Waals surface area contributed by atoms with Crippen LogP contribution in [0.15, 0.2) is 53.2 Å². The maximum Gasteiger partial charge on any atom is 0.335 e.